The molecule has 4 aromatic rings. The zero-order chi connectivity index (χ0) is 47.6. The lowest BCUT2D eigenvalue weighted by Gasteiger charge is -2.53. The Kier molecular flexibility index (Phi) is 15.8. The van der Waals surface area contributed by atoms with E-state index in [4.69, 9.17) is 10.5 Å². The summed E-state index contributed by atoms with van der Waals surface area (Å²) in [6.45, 7) is 2.08. The Balaban J connectivity index is 1.09. The van der Waals surface area contributed by atoms with Gasteiger partial charge in [0.2, 0.25) is 23.6 Å². The first-order valence-corrected chi connectivity index (χ1v) is 23.3. The summed E-state index contributed by atoms with van der Waals surface area (Å²) in [5.74, 6) is -2.82. The molecule has 4 bridgehead atoms. The summed E-state index contributed by atoms with van der Waals surface area (Å²) in [7, 11) is 1.26. The van der Waals surface area contributed by atoms with Crippen molar-refractivity contribution in [3.63, 3.8) is 0 Å². The van der Waals surface area contributed by atoms with Crippen molar-refractivity contribution in [2.75, 3.05) is 18.9 Å². The smallest absolute Gasteiger partial charge is 0.408 e. The monoisotopic (exact) mass is 918 g/mol. The number of carboxylic acid groups (broad SMARTS) is 1. The van der Waals surface area contributed by atoms with E-state index in [1.54, 1.807) is 42.6 Å². The third-order valence-electron chi connectivity index (χ3n) is 13.7. The standard InChI is InChI=1S/C50H62N8O9/c1-29-12-6-8-16-37(29)56-49(65)52-19-11-10-18-39(48(64)58(2)42(27-43(59)60)47(63)55-40(45(51)61)25-30-13-4-3-5-14-30)54-46(62)41(26-35-28-53-38-17-9-7-15-36(35)38)57-50(66)67-44-33-21-31-20-32(23-33)24-34(44)22-31/h3-9,12-17,28,31-34,39-42,44,53H,10-11,18-27H2,1-2H3,(H2,51,61)(H,54,62)(H,55,63)(H,57,66)(H,59,60)(H2,52,56,65)/t31?,32?,33?,34?,39-,40-,41-,42-,44?/m0/s1. The molecule has 4 aliphatic rings. The van der Waals surface area contributed by atoms with Gasteiger partial charge in [0.15, 0.2) is 0 Å². The van der Waals surface area contributed by atoms with E-state index in [9.17, 15) is 38.7 Å². The summed E-state index contributed by atoms with van der Waals surface area (Å²) in [6, 6.07) is 17.8. The van der Waals surface area contributed by atoms with Crippen LogP contribution in [0, 0.1) is 30.6 Å². The van der Waals surface area contributed by atoms with Crippen LogP contribution in [0.15, 0.2) is 85.1 Å². The summed E-state index contributed by atoms with van der Waals surface area (Å²) < 4.78 is 6.16. The number of urea groups is 1. The van der Waals surface area contributed by atoms with Crippen LogP contribution in [0.5, 0.6) is 0 Å². The number of aromatic nitrogens is 1. The molecule has 1 heterocycles. The number of unbranched alkanes of at least 4 members (excludes halogenated alkanes) is 1. The molecule has 4 saturated carbocycles. The van der Waals surface area contributed by atoms with Crippen LogP contribution in [0.25, 0.3) is 10.9 Å². The number of aromatic amines is 1. The van der Waals surface area contributed by atoms with Crippen molar-refractivity contribution in [3.8, 4) is 0 Å². The molecule has 7 amide bonds. The van der Waals surface area contributed by atoms with E-state index in [2.05, 4.69) is 31.6 Å². The second-order valence-corrected chi connectivity index (χ2v) is 18.5. The van der Waals surface area contributed by atoms with Gasteiger partial charge < -0.3 is 52.0 Å². The van der Waals surface area contributed by atoms with Crippen LogP contribution in [0.3, 0.4) is 0 Å². The Morgan fingerprint density at radius 3 is 2.12 bits per heavy atom. The molecule has 0 saturated heterocycles. The molecule has 4 aliphatic carbocycles. The molecule has 67 heavy (non-hydrogen) atoms. The molecule has 4 fully saturated rings. The first-order valence-electron chi connectivity index (χ1n) is 23.3. The Labute approximate surface area is 389 Å². The minimum absolute atomic E-state index is 0.00730. The molecule has 9 N–H and O–H groups in total. The number of ether oxygens (including phenoxy) is 1. The molecule has 0 radical (unpaired) electrons. The predicted molar refractivity (Wildman–Crippen MR) is 250 cm³/mol. The molecule has 356 valence electrons. The predicted octanol–water partition coefficient (Wildman–Crippen LogP) is 4.93. The van der Waals surface area contributed by atoms with Gasteiger partial charge in [-0.25, -0.2) is 9.59 Å². The number of aliphatic carboxylic acids is 1. The number of H-pyrrole nitrogens is 1. The average Bonchev–Trinajstić information content (AvgIpc) is 3.71. The van der Waals surface area contributed by atoms with Gasteiger partial charge in [0.25, 0.3) is 0 Å². The topological polar surface area (TPSA) is 254 Å². The minimum atomic E-state index is -1.62. The molecule has 17 heteroatoms. The molecule has 4 atom stereocenters. The van der Waals surface area contributed by atoms with E-state index in [0.717, 1.165) is 52.6 Å². The molecule has 3 aromatic carbocycles. The summed E-state index contributed by atoms with van der Waals surface area (Å²) >= 11 is 0. The molecular formula is C50H62N8O9. The number of nitrogens with zero attached hydrogens (tertiary/aromatic N) is 1. The SMILES string of the molecule is Cc1ccccc1NC(=O)NCCCC[C@H](NC(=O)[C@H](Cc1c[nH]c2ccccc12)NC(=O)OC1C2CC3CC(C2)CC1C3)C(=O)N(C)[C@@H](CC(=O)O)C(=O)N[C@@H](Cc1ccccc1)C(N)=O. The van der Waals surface area contributed by atoms with E-state index in [1.165, 1.54) is 13.5 Å². The summed E-state index contributed by atoms with van der Waals surface area (Å²) in [4.78, 5) is 98.6. The summed E-state index contributed by atoms with van der Waals surface area (Å²) in [6.07, 6.45) is 5.99. The number of rotatable bonds is 21. The molecule has 17 nitrogen and oxygen atoms in total. The van der Waals surface area contributed by atoms with E-state index < -0.39 is 72.3 Å². The van der Waals surface area contributed by atoms with Gasteiger partial charge >= 0.3 is 18.1 Å². The fourth-order valence-corrected chi connectivity index (χ4v) is 10.5. The van der Waals surface area contributed by atoms with E-state index >= 15 is 0 Å². The van der Waals surface area contributed by atoms with Gasteiger partial charge in [0.1, 0.15) is 30.3 Å². The number of nitrogens with one attached hydrogen (secondary N) is 6. The number of aryl methyl sites for hydroxylation is 1. The van der Waals surface area contributed by atoms with Crippen LogP contribution in [-0.4, -0.2) is 101 Å². The van der Waals surface area contributed by atoms with Crippen molar-refractivity contribution in [2.24, 2.45) is 29.4 Å². The van der Waals surface area contributed by atoms with Gasteiger partial charge in [0, 0.05) is 49.2 Å². The number of carboxylic acids is 1. The third-order valence-corrected chi connectivity index (χ3v) is 13.7. The lowest BCUT2D eigenvalue weighted by Crippen LogP contribution is -2.59. The van der Waals surface area contributed by atoms with Gasteiger partial charge in [0.05, 0.1) is 6.42 Å². The fraction of sp³-hybridized carbons (Fsp3) is 0.460. The zero-order valence-corrected chi connectivity index (χ0v) is 38.0. The summed E-state index contributed by atoms with van der Waals surface area (Å²) in [5, 5.41) is 24.6. The number of alkyl carbamates (subject to hydrolysis) is 1. The number of primary amides is 1. The van der Waals surface area contributed by atoms with Crippen LogP contribution in [0.4, 0.5) is 15.3 Å². The lowest BCUT2D eigenvalue weighted by atomic mass is 9.55. The Morgan fingerprint density at radius 1 is 0.776 bits per heavy atom. The van der Waals surface area contributed by atoms with Gasteiger partial charge in [-0.2, -0.15) is 0 Å². The van der Waals surface area contributed by atoms with Crippen LogP contribution in [0.2, 0.25) is 0 Å². The molecule has 8 rings (SSSR count). The summed E-state index contributed by atoms with van der Waals surface area (Å²) in [5.41, 5.74) is 9.46. The van der Waals surface area contributed by atoms with Gasteiger partial charge in [-0.1, -0.05) is 66.7 Å². The number of hydrogen-bond acceptors (Lipinski definition) is 8. The zero-order valence-electron chi connectivity index (χ0n) is 38.0. The highest BCUT2D eigenvalue weighted by atomic mass is 16.6. The minimum Gasteiger partial charge on any atom is -0.481 e. The highest BCUT2D eigenvalue weighted by molar-refractivity contribution is 5.97. The average molecular weight is 919 g/mol. The van der Waals surface area contributed by atoms with Gasteiger partial charge in [-0.3, -0.25) is 24.0 Å². The number of anilines is 1. The number of fused-ring (bicyclic) bond motifs is 1. The van der Waals surface area contributed by atoms with E-state index in [0.29, 0.717) is 35.9 Å². The van der Waals surface area contributed by atoms with Crippen molar-refractivity contribution in [2.45, 2.75) is 108 Å². The van der Waals surface area contributed by atoms with Crippen molar-refractivity contribution in [1.82, 2.24) is 31.2 Å². The highest BCUT2D eigenvalue weighted by Gasteiger charge is 2.50. The first kappa shape index (κ1) is 48.0. The molecule has 0 unspecified atom stereocenters. The van der Waals surface area contributed by atoms with Crippen molar-refractivity contribution in [1.29, 1.82) is 0 Å². The number of benzene rings is 3. The number of carbonyl (C=O) groups is 7. The van der Waals surface area contributed by atoms with Crippen molar-refractivity contribution < 1.29 is 43.4 Å². The van der Waals surface area contributed by atoms with Crippen LogP contribution in [0.1, 0.15) is 74.5 Å². The Bertz CT molecular complexity index is 2400. The Hall–Kier alpha value is -6.91. The fourth-order valence-electron chi connectivity index (χ4n) is 10.5. The third kappa shape index (κ3) is 12.5. The van der Waals surface area contributed by atoms with Crippen molar-refractivity contribution in [3.05, 3.63) is 102 Å². The quantitative estimate of drug-likeness (QED) is 0.0527. The first-order chi connectivity index (χ1) is 32.2. The second-order valence-electron chi connectivity index (χ2n) is 18.5. The van der Waals surface area contributed by atoms with Crippen molar-refractivity contribution >= 4 is 58.3 Å². The second kappa shape index (κ2) is 22.1. The molecular weight excluding hydrogens is 857 g/mol. The molecule has 1 aromatic heterocycles. The maximum Gasteiger partial charge on any atom is 0.408 e. The number of amides is 7. The van der Waals surface area contributed by atoms with Crippen LogP contribution >= 0.6 is 0 Å². The Morgan fingerprint density at radius 2 is 1.43 bits per heavy atom. The molecule has 0 aliphatic heterocycles. The van der Waals surface area contributed by atoms with E-state index in [-0.39, 0.29) is 43.7 Å². The number of carbonyl (C=O) groups excluding carboxylic acids is 6. The van der Waals surface area contributed by atoms with E-state index in [1.807, 2.05) is 49.4 Å². The number of nitrogens with two attached hydrogens (primary N) is 1. The van der Waals surface area contributed by atoms with Crippen LogP contribution < -0.4 is 32.3 Å². The largest absolute Gasteiger partial charge is 0.481 e. The van der Waals surface area contributed by atoms with Crippen LogP contribution in [-0.2, 0) is 41.6 Å². The maximum atomic E-state index is 14.6. The van der Waals surface area contributed by atoms with Gasteiger partial charge in [-0.15, -0.1) is 0 Å². The number of para-hydroxylation sites is 2. The lowest BCUT2D eigenvalue weighted by molar-refractivity contribution is -0.147. The number of likely N-dealkylation sites (N-methyl/N-ethyl adjacent to an activating group) is 1. The molecule has 0 spiro atoms. The normalized spacial score (nSPS) is 21.0. The maximum absolute atomic E-state index is 14.6. The number of hydrogen-bond donors (Lipinski definition) is 8. The van der Waals surface area contributed by atoms with Gasteiger partial charge in [-0.05, 0) is 111 Å². The highest BCUT2D eigenvalue weighted by Crippen LogP contribution is 2.54.